The quantitative estimate of drug-likeness (QED) is 0.641. The molecule has 0 aromatic heterocycles. The molecule has 1 unspecified atom stereocenters. The second kappa shape index (κ2) is 9.09. The molecular formula is C25H32N2O3. The van der Waals surface area contributed by atoms with Crippen molar-refractivity contribution < 1.29 is 14.3 Å². The molecule has 30 heavy (non-hydrogen) atoms. The second-order valence-corrected chi connectivity index (χ2v) is 8.53. The number of methoxy groups -OCH3 is 2. The number of hydrogen-bond donors (Lipinski definition) is 1. The molecule has 1 amide bonds. The average Bonchev–Trinajstić information content (AvgIpc) is 3.68. The average molecular weight is 409 g/mol. The zero-order chi connectivity index (χ0) is 21.1. The van der Waals surface area contributed by atoms with Gasteiger partial charge >= 0.3 is 0 Å². The molecule has 4 rings (SSSR count). The Bertz CT molecular complexity index is 794. The Kier molecular flexibility index (Phi) is 6.28. The predicted octanol–water partition coefficient (Wildman–Crippen LogP) is 4.17. The first-order valence-corrected chi connectivity index (χ1v) is 10.9. The molecule has 2 fully saturated rings. The summed E-state index contributed by atoms with van der Waals surface area (Å²) in [5.74, 6) is 2.44. The molecule has 0 bridgehead atoms. The van der Waals surface area contributed by atoms with Gasteiger partial charge in [-0.1, -0.05) is 24.3 Å². The fraction of sp³-hybridized carbons (Fsp3) is 0.480. The van der Waals surface area contributed by atoms with Crippen molar-refractivity contribution in [1.29, 1.82) is 0 Å². The number of nitrogens with zero attached hydrogens (tertiary/aromatic N) is 1. The third kappa shape index (κ3) is 4.96. The van der Waals surface area contributed by atoms with Crippen molar-refractivity contribution in [2.75, 3.05) is 20.8 Å². The van der Waals surface area contributed by atoms with Crippen LogP contribution in [0.2, 0.25) is 0 Å². The third-order valence-corrected chi connectivity index (χ3v) is 6.37. The Morgan fingerprint density at radius 1 is 0.933 bits per heavy atom. The summed E-state index contributed by atoms with van der Waals surface area (Å²) >= 11 is 0. The lowest BCUT2D eigenvalue weighted by molar-refractivity contribution is -0.123. The summed E-state index contributed by atoms with van der Waals surface area (Å²) in [7, 11) is 3.32. The van der Waals surface area contributed by atoms with Crippen molar-refractivity contribution in [3.05, 3.63) is 59.7 Å². The Labute approximate surface area is 179 Å². The van der Waals surface area contributed by atoms with E-state index in [1.54, 1.807) is 14.2 Å². The van der Waals surface area contributed by atoms with Crippen LogP contribution >= 0.6 is 0 Å². The zero-order valence-electron chi connectivity index (χ0n) is 18.1. The molecule has 0 saturated heterocycles. The highest BCUT2D eigenvalue weighted by molar-refractivity contribution is 5.79. The largest absolute Gasteiger partial charge is 0.497 e. The SMILES string of the molecule is COc1ccc(C(NC(=O)CN(C2CC2)C(C)C2CC2)c2ccc(OC)cc2)cc1. The van der Waals surface area contributed by atoms with E-state index in [1.807, 2.05) is 48.5 Å². The number of ether oxygens (including phenoxy) is 2. The number of carbonyl (C=O) groups excluding carboxylic acids is 1. The number of rotatable bonds is 10. The molecule has 2 aromatic rings. The highest BCUT2D eigenvalue weighted by Gasteiger charge is 2.40. The molecule has 0 radical (unpaired) electrons. The van der Waals surface area contributed by atoms with Crippen molar-refractivity contribution in [1.82, 2.24) is 10.2 Å². The van der Waals surface area contributed by atoms with E-state index < -0.39 is 0 Å². The predicted molar refractivity (Wildman–Crippen MR) is 118 cm³/mol. The Morgan fingerprint density at radius 2 is 1.43 bits per heavy atom. The van der Waals surface area contributed by atoms with Crippen LogP contribution in [0, 0.1) is 5.92 Å². The van der Waals surface area contributed by atoms with Crippen LogP contribution in [0.25, 0.3) is 0 Å². The van der Waals surface area contributed by atoms with E-state index in [9.17, 15) is 4.79 Å². The maximum Gasteiger partial charge on any atom is 0.234 e. The summed E-state index contributed by atoms with van der Waals surface area (Å²) in [6.45, 7) is 2.75. The van der Waals surface area contributed by atoms with Crippen molar-refractivity contribution in [3.8, 4) is 11.5 Å². The van der Waals surface area contributed by atoms with Crippen molar-refractivity contribution >= 4 is 5.91 Å². The van der Waals surface area contributed by atoms with E-state index in [-0.39, 0.29) is 11.9 Å². The standard InChI is InChI=1S/C25H32N2O3/c1-17(18-4-5-18)27(21-10-11-21)16-24(28)26-25(19-6-12-22(29-2)13-7-19)20-8-14-23(30-3)15-9-20/h6-9,12-15,17-18,21,25H,4-5,10-11,16H2,1-3H3,(H,26,28). The van der Waals surface area contributed by atoms with Crippen LogP contribution in [0.1, 0.15) is 49.8 Å². The van der Waals surface area contributed by atoms with Crippen LogP contribution in [-0.4, -0.2) is 43.7 Å². The fourth-order valence-electron chi connectivity index (χ4n) is 4.19. The molecule has 1 atom stereocenters. The minimum Gasteiger partial charge on any atom is -0.497 e. The number of amides is 1. The van der Waals surface area contributed by atoms with Crippen LogP contribution in [0.5, 0.6) is 11.5 Å². The lowest BCUT2D eigenvalue weighted by Gasteiger charge is -2.30. The van der Waals surface area contributed by atoms with E-state index in [1.165, 1.54) is 25.7 Å². The maximum absolute atomic E-state index is 13.1. The summed E-state index contributed by atoms with van der Waals surface area (Å²) in [5, 5.41) is 3.29. The zero-order valence-corrected chi connectivity index (χ0v) is 18.1. The minimum absolute atomic E-state index is 0.0750. The molecule has 2 saturated carbocycles. The molecule has 0 spiro atoms. The first kappa shape index (κ1) is 20.7. The van der Waals surface area contributed by atoms with Gasteiger partial charge < -0.3 is 14.8 Å². The smallest absolute Gasteiger partial charge is 0.234 e. The second-order valence-electron chi connectivity index (χ2n) is 8.53. The summed E-state index contributed by atoms with van der Waals surface area (Å²) < 4.78 is 10.6. The molecule has 0 heterocycles. The van der Waals surface area contributed by atoms with Crippen molar-refractivity contribution in [2.24, 2.45) is 5.92 Å². The Hall–Kier alpha value is -2.53. The number of hydrogen-bond acceptors (Lipinski definition) is 4. The molecule has 5 heteroatoms. The van der Waals surface area contributed by atoms with Gasteiger partial charge in [-0.15, -0.1) is 0 Å². The summed E-state index contributed by atoms with van der Waals surface area (Å²) in [5.41, 5.74) is 2.06. The topological polar surface area (TPSA) is 50.8 Å². The first-order valence-electron chi connectivity index (χ1n) is 10.9. The van der Waals surface area contributed by atoms with Crippen LogP contribution in [0.3, 0.4) is 0 Å². The van der Waals surface area contributed by atoms with Crippen molar-refractivity contribution in [2.45, 2.75) is 50.7 Å². The van der Waals surface area contributed by atoms with Crippen molar-refractivity contribution in [3.63, 3.8) is 0 Å². The lowest BCUT2D eigenvalue weighted by Crippen LogP contribution is -2.45. The number of benzene rings is 2. The van der Waals surface area contributed by atoms with Gasteiger partial charge in [0, 0.05) is 12.1 Å². The lowest BCUT2D eigenvalue weighted by atomic mass is 9.98. The van der Waals surface area contributed by atoms with Crippen LogP contribution in [0.15, 0.2) is 48.5 Å². The maximum atomic E-state index is 13.1. The van der Waals surface area contributed by atoms with Gasteiger partial charge in [0.1, 0.15) is 11.5 Å². The summed E-state index contributed by atoms with van der Waals surface area (Å²) in [6.07, 6.45) is 5.02. The van der Waals surface area contributed by atoms with Gasteiger partial charge in [-0.2, -0.15) is 0 Å². The number of carbonyl (C=O) groups is 1. The summed E-state index contributed by atoms with van der Waals surface area (Å²) in [6, 6.07) is 16.6. The van der Waals surface area contributed by atoms with Gasteiger partial charge in [-0.3, -0.25) is 9.69 Å². The van der Waals surface area contributed by atoms with Gasteiger partial charge in [-0.05, 0) is 73.9 Å². The van der Waals surface area contributed by atoms with Gasteiger partial charge in [0.05, 0.1) is 26.8 Å². The summed E-state index contributed by atoms with van der Waals surface area (Å²) in [4.78, 5) is 15.6. The fourth-order valence-corrected chi connectivity index (χ4v) is 4.19. The van der Waals surface area contributed by atoms with E-state index in [4.69, 9.17) is 9.47 Å². The molecule has 2 aliphatic carbocycles. The molecular weight excluding hydrogens is 376 g/mol. The molecule has 160 valence electrons. The molecule has 2 aliphatic rings. The van der Waals surface area contributed by atoms with Gasteiger partial charge in [0.15, 0.2) is 0 Å². The molecule has 2 aromatic carbocycles. The first-order chi connectivity index (χ1) is 14.6. The molecule has 5 nitrogen and oxygen atoms in total. The Balaban J connectivity index is 1.52. The van der Waals surface area contributed by atoms with E-state index in [0.29, 0.717) is 18.6 Å². The van der Waals surface area contributed by atoms with Gasteiger partial charge in [0.2, 0.25) is 5.91 Å². The monoisotopic (exact) mass is 408 g/mol. The highest BCUT2D eigenvalue weighted by Crippen LogP contribution is 2.39. The molecule has 1 N–H and O–H groups in total. The molecule has 0 aliphatic heterocycles. The van der Waals surface area contributed by atoms with E-state index in [0.717, 1.165) is 28.5 Å². The van der Waals surface area contributed by atoms with Gasteiger partial charge in [0.25, 0.3) is 0 Å². The van der Waals surface area contributed by atoms with E-state index in [2.05, 4.69) is 17.1 Å². The van der Waals surface area contributed by atoms with Gasteiger partial charge in [-0.25, -0.2) is 0 Å². The van der Waals surface area contributed by atoms with Crippen LogP contribution in [0.4, 0.5) is 0 Å². The van der Waals surface area contributed by atoms with E-state index >= 15 is 0 Å². The third-order valence-electron chi connectivity index (χ3n) is 6.37. The number of nitrogens with one attached hydrogen (secondary N) is 1. The minimum atomic E-state index is -0.216. The highest BCUT2D eigenvalue weighted by atomic mass is 16.5. The van der Waals surface area contributed by atoms with Crippen LogP contribution in [-0.2, 0) is 4.79 Å². The Morgan fingerprint density at radius 3 is 1.83 bits per heavy atom. The van der Waals surface area contributed by atoms with Crippen LogP contribution < -0.4 is 14.8 Å². The normalized spacial score (nSPS) is 17.1.